The summed E-state index contributed by atoms with van der Waals surface area (Å²) in [6.07, 6.45) is 4.06. The summed E-state index contributed by atoms with van der Waals surface area (Å²) in [6, 6.07) is 2.88. The number of carboxylic acids is 1. The molecule has 0 saturated carbocycles. The van der Waals surface area contributed by atoms with E-state index in [9.17, 15) is 14.4 Å². The minimum absolute atomic E-state index is 0.0857. The number of hydrogen-bond acceptors (Lipinski definition) is 4. The number of aromatic nitrogens is 1. The molecule has 0 aromatic carbocycles. The molecule has 1 aromatic rings. The Hall–Kier alpha value is -2.70. The highest BCUT2D eigenvalue weighted by molar-refractivity contribution is 5.93. The number of carbonyl (C=O) groups excluding carboxylic acids is 2. The van der Waals surface area contributed by atoms with Gasteiger partial charge in [-0.25, -0.2) is 4.79 Å². The third-order valence-corrected chi connectivity index (χ3v) is 2.75. The van der Waals surface area contributed by atoms with Crippen LogP contribution in [0.4, 0.5) is 0 Å². The van der Waals surface area contributed by atoms with Gasteiger partial charge in [0, 0.05) is 25.2 Å². The van der Waals surface area contributed by atoms with Gasteiger partial charge in [-0.05, 0) is 17.7 Å². The van der Waals surface area contributed by atoms with E-state index in [0.717, 1.165) is 6.08 Å². The van der Waals surface area contributed by atoms with Crippen molar-refractivity contribution in [2.75, 3.05) is 6.54 Å². The number of rotatable bonds is 4. The zero-order valence-electron chi connectivity index (χ0n) is 10.5. The van der Waals surface area contributed by atoms with Crippen LogP contribution >= 0.6 is 0 Å². The van der Waals surface area contributed by atoms with Gasteiger partial charge in [0.25, 0.3) is 5.91 Å². The minimum atomic E-state index is -1.05. The SMILES string of the molecule is O=C(O)/C=C/c1ccc(C(=O)NC2CNC(=O)C2)nc1. The van der Waals surface area contributed by atoms with E-state index in [1.165, 1.54) is 18.3 Å². The largest absolute Gasteiger partial charge is 0.478 e. The lowest BCUT2D eigenvalue weighted by atomic mass is 10.2. The Bertz CT molecular complexity index is 565. The van der Waals surface area contributed by atoms with Crippen molar-refractivity contribution in [2.24, 2.45) is 0 Å². The number of nitrogens with one attached hydrogen (secondary N) is 2. The van der Waals surface area contributed by atoms with Crippen LogP contribution < -0.4 is 10.6 Å². The Balaban J connectivity index is 1.97. The normalized spacial score (nSPS) is 18.0. The van der Waals surface area contributed by atoms with Crippen molar-refractivity contribution >= 4 is 23.9 Å². The lowest BCUT2D eigenvalue weighted by Crippen LogP contribution is -2.36. The standard InChI is InChI=1S/C13H13N3O4/c17-11-5-9(7-15-11)16-13(20)10-3-1-8(6-14-10)2-4-12(18)19/h1-4,6,9H,5,7H2,(H,15,17)(H,16,20)(H,18,19)/b4-2+. The van der Waals surface area contributed by atoms with Crippen LogP contribution in [0.3, 0.4) is 0 Å². The molecule has 104 valence electrons. The first-order valence-electron chi connectivity index (χ1n) is 5.99. The van der Waals surface area contributed by atoms with Crippen molar-refractivity contribution in [2.45, 2.75) is 12.5 Å². The Morgan fingerprint density at radius 2 is 2.25 bits per heavy atom. The van der Waals surface area contributed by atoms with Gasteiger partial charge in [0.1, 0.15) is 5.69 Å². The van der Waals surface area contributed by atoms with Crippen LogP contribution in [0.15, 0.2) is 24.4 Å². The molecule has 1 aliphatic heterocycles. The Morgan fingerprint density at radius 1 is 1.45 bits per heavy atom. The summed E-state index contributed by atoms with van der Waals surface area (Å²) in [6.45, 7) is 0.421. The molecule has 7 heteroatoms. The quantitative estimate of drug-likeness (QED) is 0.659. The molecular formula is C13H13N3O4. The summed E-state index contributed by atoms with van der Waals surface area (Å²) >= 11 is 0. The van der Waals surface area contributed by atoms with Crippen LogP contribution in [-0.4, -0.2) is 40.5 Å². The zero-order valence-corrected chi connectivity index (χ0v) is 10.5. The van der Waals surface area contributed by atoms with Crippen molar-refractivity contribution in [3.05, 3.63) is 35.7 Å². The van der Waals surface area contributed by atoms with Crippen LogP contribution in [0.5, 0.6) is 0 Å². The molecule has 1 fully saturated rings. The van der Waals surface area contributed by atoms with Crippen LogP contribution in [-0.2, 0) is 9.59 Å². The van der Waals surface area contributed by atoms with E-state index in [0.29, 0.717) is 12.1 Å². The Kier molecular flexibility index (Phi) is 4.09. The molecule has 2 heterocycles. The van der Waals surface area contributed by atoms with Gasteiger partial charge in [-0.15, -0.1) is 0 Å². The average Bonchev–Trinajstić information content (AvgIpc) is 2.82. The van der Waals surface area contributed by atoms with Gasteiger partial charge >= 0.3 is 5.97 Å². The topological polar surface area (TPSA) is 108 Å². The summed E-state index contributed by atoms with van der Waals surface area (Å²) in [4.78, 5) is 37.2. The second-order valence-corrected chi connectivity index (χ2v) is 4.33. The van der Waals surface area contributed by atoms with Gasteiger partial charge in [-0.3, -0.25) is 14.6 Å². The maximum absolute atomic E-state index is 11.9. The maximum Gasteiger partial charge on any atom is 0.328 e. The van der Waals surface area contributed by atoms with Gasteiger partial charge in [0.2, 0.25) is 5.91 Å². The summed E-state index contributed by atoms with van der Waals surface area (Å²) in [5.74, 6) is -1.50. The van der Waals surface area contributed by atoms with Gasteiger partial charge < -0.3 is 15.7 Å². The molecule has 2 amide bonds. The molecule has 0 aliphatic carbocycles. The maximum atomic E-state index is 11.9. The van der Waals surface area contributed by atoms with Gasteiger partial charge in [0.15, 0.2) is 0 Å². The molecule has 20 heavy (non-hydrogen) atoms. The van der Waals surface area contributed by atoms with Gasteiger partial charge in [-0.1, -0.05) is 6.07 Å². The summed E-state index contributed by atoms with van der Waals surface area (Å²) in [5.41, 5.74) is 0.804. The molecule has 2 rings (SSSR count). The first-order valence-corrected chi connectivity index (χ1v) is 5.99. The van der Waals surface area contributed by atoms with E-state index in [2.05, 4.69) is 15.6 Å². The van der Waals surface area contributed by atoms with E-state index in [1.807, 2.05) is 0 Å². The summed E-state index contributed by atoms with van der Waals surface area (Å²) in [7, 11) is 0. The fourth-order valence-corrected chi connectivity index (χ4v) is 1.77. The molecule has 1 atom stereocenters. The van der Waals surface area contributed by atoms with Crippen molar-refractivity contribution in [3.8, 4) is 0 Å². The molecule has 1 saturated heterocycles. The van der Waals surface area contributed by atoms with Crippen LogP contribution in [0, 0.1) is 0 Å². The van der Waals surface area contributed by atoms with Crippen LogP contribution in [0.25, 0.3) is 6.08 Å². The monoisotopic (exact) mass is 275 g/mol. The fraction of sp³-hybridized carbons (Fsp3) is 0.231. The highest BCUT2D eigenvalue weighted by Crippen LogP contribution is 2.05. The van der Waals surface area contributed by atoms with E-state index in [-0.39, 0.29) is 30.0 Å². The molecule has 1 aromatic heterocycles. The molecule has 1 aliphatic rings. The highest BCUT2D eigenvalue weighted by atomic mass is 16.4. The molecule has 0 bridgehead atoms. The number of hydrogen-bond donors (Lipinski definition) is 3. The number of pyridine rings is 1. The van der Waals surface area contributed by atoms with Gasteiger partial charge in [-0.2, -0.15) is 0 Å². The molecule has 3 N–H and O–H groups in total. The summed E-state index contributed by atoms with van der Waals surface area (Å²) in [5, 5.41) is 13.8. The molecule has 7 nitrogen and oxygen atoms in total. The zero-order chi connectivity index (χ0) is 14.5. The number of amides is 2. The second-order valence-electron chi connectivity index (χ2n) is 4.33. The van der Waals surface area contributed by atoms with E-state index in [1.54, 1.807) is 6.07 Å². The lowest BCUT2D eigenvalue weighted by Gasteiger charge is -2.09. The van der Waals surface area contributed by atoms with Crippen LogP contribution in [0.1, 0.15) is 22.5 Å². The Morgan fingerprint density at radius 3 is 2.80 bits per heavy atom. The first kappa shape index (κ1) is 13.7. The first-order chi connectivity index (χ1) is 9.54. The summed E-state index contributed by atoms with van der Waals surface area (Å²) < 4.78 is 0. The molecule has 0 radical (unpaired) electrons. The third-order valence-electron chi connectivity index (χ3n) is 2.75. The predicted molar refractivity (Wildman–Crippen MR) is 69.8 cm³/mol. The predicted octanol–water partition coefficient (Wildman–Crippen LogP) is -0.202. The fourth-order valence-electron chi connectivity index (χ4n) is 1.77. The number of nitrogens with zero attached hydrogens (tertiary/aromatic N) is 1. The van der Waals surface area contributed by atoms with Crippen LogP contribution in [0.2, 0.25) is 0 Å². The molecule has 0 spiro atoms. The number of aliphatic carboxylic acids is 1. The smallest absolute Gasteiger partial charge is 0.328 e. The van der Waals surface area contributed by atoms with Crippen molar-refractivity contribution in [1.82, 2.24) is 15.6 Å². The minimum Gasteiger partial charge on any atom is -0.478 e. The van der Waals surface area contributed by atoms with Crippen molar-refractivity contribution in [3.63, 3.8) is 0 Å². The Labute approximate surface area is 114 Å². The van der Waals surface area contributed by atoms with Crippen molar-refractivity contribution < 1.29 is 19.5 Å². The van der Waals surface area contributed by atoms with Gasteiger partial charge in [0.05, 0.1) is 6.04 Å². The second kappa shape index (κ2) is 5.96. The third kappa shape index (κ3) is 3.64. The van der Waals surface area contributed by atoms with E-state index in [4.69, 9.17) is 5.11 Å². The molecule has 1 unspecified atom stereocenters. The van der Waals surface area contributed by atoms with Crippen molar-refractivity contribution in [1.29, 1.82) is 0 Å². The highest BCUT2D eigenvalue weighted by Gasteiger charge is 2.23. The average molecular weight is 275 g/mol. The number of carbonyl (C=O) groups is 3. The van der Waals surface area contributed by atoms with E-state index < -0.39 is 5.97 Å². The molecular weight excluding hydrogens is 262 g/mol. The van der Waals surface area contributed by atoms with E-state index >= 15 is 0 Å². The number of carboxylic acid groups (broad SMARTS) is 1. The lowest BCUT2D eigenvalue weighted by molar-refractivity contribution is -0.131.